The average Bonchev–Trinajstić information content (AvgIpc) is 3.13. The maximum absolute atomic E-state index is 4.89. The molecule has 1 unspecified atom stereocenters. The van der Waals surface area contributed by atoms with Gasteiger partial charge in [0.2, 0.25) is 0 Å². The van der Waals surface area contributed by atoms with Crippen LogP contribution in [0.15, 0.2) is 35.3 Å². The predicted octanol–water partition coefficient (Wildman–Crippen LogP) is 2.77. The minimum Gasteiger partial charge on any atom is -0.357 e. The highest BCUT2D eigenvalue weighted by Crippen LogP contribution is 2.25. The molecule has 0 aliphatic carbocycles. The fraction of sp³-hybridized carbons (Fsp3) is 0.667. The third-order valence-electron chi connectivity index (χ3n) is 4.61. The van der Waals surface area contributed by atoms with Crippen molar-refractivity contribution in [1.29, 1.82) is 0 Å². The van der Waals surface area contributed by atoms with Gasteiger partial charge in [0.1, 0.15) is 0 Å². The molecule has 1 aliphatic heterocycles. The fourth-order valence-electron chi connectivity index (χ4n) is 3.30. The minimum atomic E-state index is 0.144. The number of nitrogens with zero attached hydrogens (tertiary/aromatic N) is 2. The van der Waals surface area contributed by atoms with Gasteiger partial charge in [-0.2, -0.15) is 0 Å². The Hall–Kier alpha value is -1.59. The lowest BCUT2D eigenvalue weighted by Gasteiger charge is -2.27. The Bertz CT molecular complexity index is 529. The van der Waals surface area contributed by atoms with E-state index < -0.39 is 0 Å². The third kappa shape index (κ3) is 7.34. The van der Waals surface area contributed by atoms with Gasteiger partial charge in [0.25, 0.3) is 0 Å². The molecule has 0 radical (unpaired) electrons. The van der Waals surface area contributed by atoms with Crippen LogP contribution in [-0.2, 0) is 0 Å². The summed E-state index contributed by atoms with van der Waals surface area (Å²) in [5.41, 5.74) is 1.51. The second-order valence-electron chi connectivity index (χ2n) is 7.99. The lowest BCUT2D eigenvalue weighted by atomic mass is 10.1. The Morgan fingerprint density at radius 2 is 1.77 bits per heavy atom. The summed E-state index contributed by atoms with van der Waals surface area (Å²) in [4.78, 5) is 7.47. The normalized spacial score (nSPS) is 17.3. The first kappa shape index (κ1) is 20.7. The van der Waals surface area contributed by atoms with Crippen molar-refractivity contribution in [2.24, 2.45) is 4.99 Å². The van der Waals surface area contributed by atoms with Gasteiger partial charge in [0.15, 0.2) is 5.96 Å². The molecule has 3 N–H and O–H groups in total. The molecule has 0 amide bonds. The van der Waals surface area contributed by atoms with Crippen molar-refractivity contribution < 1.29 is 0 Å². The van der Waals surface area contributed by atoms with E-state index in [1.165, 1.54) is 31.5 Å². The van der Waals surface area contributed by atoms with Crippen LogP contribution in [0.5, 0.6) is 0 Å². The van der Waals surface area contributed by atoms with E-state index in [-0.39, 0.29) is 5.54 Å². The van der Waals surface area contributed by atoms with Gasteiger partial charge in [-0.3, -0.25) is 9.89 Å². The highest BCUT2D eigenvalue weighted by atomic mass is 15.2. The number of likely N-dealkylation sites (tertiary alicyclic amines) is 1. The Kier molecular flexibility index (Phi) is 8.39. The molecule has 1 fully saturated rings. The van der Waals surface area contributed by atoms with Crippen molar-refractivity contribution >= 4 is 5.96 Å². The monoisotopic (exact) mass is 359 g/mol. The van der Waals surface area contributed by atoms with E-state index in [1.807, 2.05) is 0 Å². The number of hydrogen-bond acceptors (Lipinski definition) is 3. The molecule has 0 aromatic heterocycles. The van der Waals surface area contributed by atoms with Crippen molar-refractivity contribution in [2.75, 3.05) is 39.3 Å². The first-order chi connectivity index (χ1) is 12.5. The summed E-state index contributed by atoms with van der Waals surface area (Å²) in [6.07, 6.45) is 2.59. The molecule has 1 heterocycles. The SMILES string of the molecule is CCNC(=NCC(c1ccccc1)N1CCCC1)NCCNC(C)(C)C. The van der Waals surface area contributed by atoms with Crippen LogP contribution in [-0.4, -0.2) is 55.7 Å². The van der Waals surface area contributed by atoms with E-state index in [9.17, 15) is 0 Å². The van der Waals surface area contributed by atoms with Crippen LogP contribution < -0.4 is 16.0 Å². The average molecular weight is 360 g/mol. The van der Waals surface area contributed by atoms with Crippen molar-refractivity contribution in [1.82, 2.24) is 20.9 Å². The van der Waals surface area contributed by atoms with Crippen molar-refractivity contribution in [3.63, 3.8) is 0 Å². The molecule has 1 atom stereocenters. The van der Waals surface area contributed by atoms with Crippen molar-refractivity contribution in [3.8, 4) is 0 Å². The van der Waals surface area contributed by atoms with Crippen LogP contribution in [0.25, 0.3) is 0 Å². The van der Waals surface area contributed by atoms with E-state index in [1.54, 1.807) is 0 Å². The van der Waals surface area contributed by atoms with Gasteiger partial charge in [-0.1, -0.05) is 30.3 Å². The zero-order valence-corrected chi connectivity index (χ0v) is 17.0. The molecule has 1 aromatic carbocycles. The lowest BCUT2D eigenvalue weighted by molar-refractivity contribution is 0.251. The van der Waals surface area contributed by atoms with Crippen LogP contribution in [0.1, 0.15) is 52.1 Å². The summed E-state index contributed by atoms with van der Waals surface area (Å²) in [5.74, 6) is 0.906. The van der Waals surface area contributed by atoms with Gasteiger partial charge in [-0.05, 0) is 59.2 Å². The van der Waals surface area contributed by atoms with Crippen LogP contribution in [0, 0.1) is 0 Å². The molecular weight excluding hydrogens is 322 g/mol. The standard InChI is InChI=1S/C21H37N5/c1-5-22-20(23-13-14-25-21(2,3)4)24-17-19(26-15-9-10-16-26)18-11-7-6-8-12-18/h6-8,11-12,19,25H,5,9-10,13-17H2,1-4H3,(H2,22,23,24). The highest BCUT2D eigenvalue weighted by molar-refractivity contribution is 5.79. The van der Waals surface area contributed by atoms with E-state index in [0.29, 0.717) is 6.04 Å². The molecule has 2 rings (SSSR count). The molecule has 1 aromatic rings. The van der Waals surface area contributed by atoms with E-state index in [4.69, 9.17) is 4.99 Å². The van der Waals surface area contributed by atoms with Gasteiger partial charge in [-0.15, -0.1) is 0 Å². The Morgan fingerprint density at radius 1 is 1.08 bits per heavy atom. The number of rotatable bonds is 8. The third-order valence-corrected chi connectivity index (χ3v) is 4.61. The first-order valence-corrected chi connectivity index (χ1v) is 10.1. The Morgan fingerprint density at radius 3 is 2.38 bits per heavy atom. The van der Waals surface area contributed by atoms with Gasteiger partial charge < -0.3 is 16.0 Å². The molecule has 1 aliphatic rings. The highest BCUT2D eigenvalue weighted by Gasteiger charge is 2.23. The predicted molar refractivity (Wildman–Crippen MR) is 112 cm³/mol. The number of guanidine groups is 1. The summed E-state index contributed by atoms with van der Waals surface area (Å²) in [6.45, 7) is 14.5. The zero-order valence-electron chi connectivity index (χ0n) is 17.0. The minimum absolute atomic E-state index is 0.144. The van der Waals surface area contributed by atoms with Crippen LogP contribution >= 0.6 is 0 Å². The van der Waals surface area contributed by atoms with Crippen molar-refractivity contribution in [3.05, 3.63) is 35.9 Å². The maximum atomic E-state index is 4.89. The Balaban J connectivity index is 1.97. The molecule has 0 spiro atoms. The van der Waals surface area contributed by atoms with Crippen LogP contribution in [0.3, 0.4) is 0 Å². The van der Waals surface area contributed by atoms with Crippen molar-refractivity contribution in [2.45, 2.75) is 52.1 Å². The maximum Gasteiger partial charge on any atom is 0.191 e. The molecule has 26 heavy (non-hydrogen) atoms. The molecule has 0 saturated carbocycles. The van der Waals surface area contributed by atoms with Crippen LogP contribution in [0.4, 0.5) is 0 Å². The number of aliphatic imine (C=N–C) groups is 1. The summed E-state index contributed by atoms with van der Waals surface area (Å²) >= 11 is 0. The van der Waals surface area contributed by atoms with Crippen LogP contribution in [0.2, 0.25) is 0 Å². The molecule has 0 bridgehead atoms. The lowest BCUT2D eigenvalue weighted by Crippen LogP contribution is -2.44. The zero-order chi connectivity index (χ0) is 18.8. The van der Waals surface area contributed by atoms with E-state index >= 15 is 0 Å². The second kappa shape index (κ2) is 10.5. The molecular formula is C21H37N5. The quantitative estimate of drug-likeness (QED) is 0.379. The van der Waals surface area contributed by atoms with E-state index in [0.717, 1.165) is 32.1 Å². The smallest absolute Gasteiger partial charge is 0.191 e. The van der Waals surface area contributed by atoms with Gasteiger partial charge in [0.05, 0.1) is 12.6 Å². The molecule has 1 saturated heterocycles. The van der Waals surface area contributed by atoms with Gasteiger partial charge >= 0.3 is 0 Å². The Labute approximate surface area is 159 Å². The topological polar surface area (TPSA) is 51.7 Å². The molecule has 5 heteroatoms. The molecule has 5 nitrogen and oxygen atoms in total. The van der Waals surface area contributed by atoms with E-state index in [2.05, 4.69) is 78.9 Å². The largest absolute Gasteiger partial charge is 0.357 e. The molecule has 146 valence electrons. The summed E-state index contributed by atoms with van der Waals surface area (Å²) in [7, 11) is 0. The summed E-state index contributed by atoms with van der Waals surface area (Å²) in [5, 5.41) is 10.3. The first-order valence-electron chi connectivity index (χ1n) is 10.1. The van der Waals surface area contributed by atoms with Gasteiger partial charge in [-0.25, -0.2) is 0 Å². The van der Waals surface area contributed by atoms with Gasteiger partial charge in [0, 0.05) is 25.2 Å². The summed E-state index contributed by atoms with van der Waals surface area (Å²) in [6, 6.07) is 11.2. The second-order valence-corrected chi connectivity index (χ2v) is 7.99. The number of hydrogen-bond donors (Lipinski definition) is 3. The number of nitrogens with one attached hydrogen (secondary N) is 3. The summed E-state index contributed by atoms with van der Waals surface area (Å²) < 4.78 is 0. The number of benzene rings is 1. The fourth-order valence-corrected chi connectivity index (χ4v) is 3.30.